The molecule has 2 heterocycles. The van der Waals surface area contributed by atoms with Gasteiger partial charge in [0.25, 0.3) is 3.70 Å². The lowest BCUT2D eigenvalue weighted by molar-refractivity contribution is -0.419. The Hall–Kier alpha value is -0.600. The van der Waals surface area contributed by atoms with Crippen LogP contribution in [0, 0.1) is 0 Å². The fourth-order valence-corrected chi connectivity index (χ4v) is 1.69. The van der Waals surface area contributed by atoms with Crippen LogP contribution in [-0.2, 0) is 0 Å². The molecule has 2 rings (SSSR count). The molecule has 1 aromatic heterocycles. The van der Waals surface area contributed by atoms with Gasteiger partial charge in [-0.05, 0) is 4.98 Å². The third-order valence-corrected chi connectivity index (χ3v) is 3.21. The maximum atomic E-state index is 4.25. The molecule has 0 aromatic carbocycles. The average molecular weight is 439 g/mol. The van der Waals surface area contributed by atoms with Crippen molar-refractivity contribution >= 4 is 40.2 Å². The number of H-pyrrole nitrogens is 1. The molecule has 1 aromatic rings. The minimum absolute atomic E-state index is 0. The highest BCUT2D eigenvalue weighted by atomic mass is 127. The van der Waals surface area contributed by atoms with Crippen LogP contribution in [0.25, 0.3) is 5.57 Å². The van der Waals surface area contributed by atoms with Crippen molar-refractivity contribution in [3.8, 4) is 0 Å². The molecule has 0 spiro atoms. The Labute approximate surface area is 124 Å². The normalized spacial score (nSPS) is 14.2. The molecular weight excluding hydrogens is 430 g/mol. The molecule has 0 saturated heterocycles. The van der Waals surface area contributed by atoms with Crippen molar-refractivity contribution in [1.29, 1.82) is 0 Å². The lowest BCUT2D eigenvalue weighted by Gasteiger charge is -1.92. The smallest absolute Gasteiger partial charge is 0.336 e. The summed E-state index contributed by atoms with van der Waals surface area (Å²) in [4.78, 5) is 11.4. The van der Waals surface area contributed by atoms with Crippen molar-refractivity contribution in [1.82, 2.24) is 4.98 Å². The van der Waals surface area contributed by atoms with Gasteiger partial charge in [0.15, 0.2) is 11.4 Å². The van der Waals surface area contributed by atoms with Crippen LogP contribution in [0.15, 0.2) is 33.4 Å². The van der Waals surface area contributed by atoms with Gasteiger partial charge in [-0.2, -0.15) is 0 Å². The number of halogens is 2. The standard InChI is InChI=1S/C10H8IN4.HI/c1-15-6-5-12-7-8(9(15)11)10-13-3-2-4-14-10;/h2-5,7H,1H3;1H/q+1;. The van der Waals surface area contributed by atoms with E-state index in [-0.39, 0.29) is 24.0 Å². The second-order valence-corrected chi connectivity index (χ2v) is 3.95. The third-order valence-electron chi connectivity index (χ3n) is 1.91. The minimum atomic E-state index is 0. The van der Waals surface area contributed by atoms with Gasteiger partial charge in [0.1, 0.15) is 19.4 Å². The van der Waals surface area contributed by atoms with Gasteiger partial charge in [0.2, 0.25) is 0 Å². The second kappa shape index (κ2) is 6.21. The van der Waals surface area contributed by atoms with E-state index in [2.05, 4.69) is 43.4 Å². The van der Waals surface area contributed by atoms with E-state index in [1.807, 2.05) is 23.9 Å². The largest absolute Gasteiger partial charge is 1.00 e. The van der Waals surface area contributed by atoms with Crippen molar-refractivity contribution < 1.29 is 33.5 Å². The molecule has 0 amide bonds. The maximum absolute atomic E-state index is 4.25. The third kappa shape index (κ3) is 2.96. The Kier molecular flexibility index (Phi) is 5.23. The van der Waals surface area contributed by atoms with E-state index < -0.39 is 0 Å². The maximum Gasteiger partial charge on any atom is 0.336 e. The van der Waals surface area contributed by atoms with Crippen LogP contribution in [0.4, 0.5) is 0 Å². The van der Waals surface area contributed by atoms with Gasteiger partial charge in [-0.15, -0.1) is 4.58 Å². The van der Waals surface area contributed by atoms with E-state index >= 15 is 0 Å². The monoisotopic (exact) mass is 439 g/mol. The second-order valence-electron chi connectivity index (χ2n) is 2.93. The first-order chi connectivity index (χ1) is 7.29. The summed E-state index contributed by atoms with van der Waals surface area (Å²) in [5.74, 6) is 3.80. The molecule has 1 N–H and O–H groups in total. The van der Waals surface area contributed by atoms with Gasteiger partial charge >= 0.3 is 5.82 Å². The van der Waals surface area contributed by atoms with Crippen molar-refractivity contribution in [2.75, 3.05) is 7.05 Å². The van der Waals surface area contributed by atoms with Crippen LogP contribution in [0.1, 0.15) is 5.82 Å². The van der Waals surface area contributed by atoms with Gasteiger partial charge in [-0.25, -0.2) is 9.98 Å². The van der Waals surface area contributed by atoms with Crippen LogP contribution < -0.4 is 29.0 Å². The molecule has 0 aliphatic carbocycles. The van der Waals surface area contributed by atoms with Gasteiger partial charge in [-0.1, -0.05) is 0 Å². The Morgan fingerprint density at radius 2 is 2.31 bits per heavy atom. The summed E-state index contributed by atoms with van der Waals surface area (Å²) in [6.07, 6.45) is 7.00. The van der Waals surface area contributed by atoms with E-state index in [0.29, 0.717) is 0 Å². The summed E-state index contributed by atoms with van der Waals surface area (Å²) in [5.41, 5.74) is 0.958. The number of hydrogen-bond acceptors (Lipinski definition) is 2. The van der Waals surface area contributed by atoms with E-state index in [0.717, 1.165) is 15.1 Å². The Bertz CT molecular complexity index is 499. The zero-order valence-corrected chi connectivity index (χ0v) is 12.8. The van der Waals surface area contributed by atoms with Crippen LogP contribution in [0.3, 0.4) is 0 Å². The van der Waals surface area contributed by atoms with Crippen molar-refractivity contribution in [2.24, 2.45) is 4.99 Å². The first kappa shape index (κ1) is 13.5. The molecule has 0 bridgehead atoms. The van der Waals surface area contributed by atoms with E-state index in [1.54, 1.807) is 18.6 Å². The first-order valence-electron chi connectivity index (χ1n) is 4.36. The fraction of sp³-hybridized carbons (Fsp3) is 0.100. The number of rotatable bonds is 1. The lowest BCUT2D eigenvalue weighted by Crippen LogP contribution is -3.00. The molecule has 0 fully saturated rings. The molecule has 16 heavy (non-hydrogen) atoms. The zero-order chi connectivity index (χ0) is 10.7. The first-order valence-corrected chi connectivity index (χ1v) is 5.44. The van der Waals surface area contributed by atoms with Gasteiger partial charge in [0.05, 0.1) is 12.4 Å². The number of hydrogen-bond donors (Lipinski definition) is 0. The Balaban J connectivity index is 0.00000128. The quantitative estimate of drug-likeness (QED) is 0.282. The summed E-state index contributed by atoms with van der Waals surface area (Å²) in [6.45, 7) is 0. The molecule has 4 nitrogen and oxygen atoms in total. The number of aliphatic imine (C=N–C) groups is 1. The van der Waals surface area contributed by atoms with E-state index in [4.69, 9.17) is 0 Å². The van der Waals surface area contributed by atoms with Gasteiger partial charge in [-0.3, -0.25) is 0 Å². The topological polar surface area (TPSA) is 42.4 Å². The average Bonchev–Trinajstić information content (AvgIpc) is 2.44. The number of nitrogens with zero attached hydrogens (tertiary/aromatic N) is 3. The number of aromatic amines is 1. The molecule has 1 aliphatic rings. The predicted octanol–water partition coefficient (Wildman–Crippen LogP) is -2.09. The highest BCUT2D eigenvalue weighted by molar-refractivity contribution is 14.1. The Morgan fingerprint density at radius 1 is 1.50 bits per heavy atom. The summed E-state index contributed by atoms with van der Waals surface area (Å²) in [6, 6.07) is 1.85. The molecule has 0 radical (unpaired) electrons. The summed E-state index contributed by atoms with van der Waals surface area (Å²) < 4.78 is 2.91. The molecule has 1 aliphatic heterocycles. The number of allylic oxidation sites excluding steroid dienone is 1. The van der Waals surface area contributed by atoms with Crippen LogP contribution in [0.2, 0.25) is 0 Å². The van der Waals surface area contributed by atoms with Crippen molar-refractivity contribution in [3.05, 3.63) is 34.2 Å². The molecule has 0 saturated carbocycles. The Morgan fingerprint density at radius 3 is 3.00 bits per heavy atom. The van der Waals surface area contributed by atoms with Crippen LogP contribution in [-0.4, -0.2) is 28.7 Å². The summed E-state index contributed by atoms with van der Waals surface area (Å²) >= 11 is 2.24. The molecule has 82 valence electrons. The summed E-state index contributed by atoms with van der Waals surface area (Å²) in [7, 11) is 1.93. The SMILES string of the molecule is C[N+]1=C=CN=CC(c2nccc[nH+]2)=C1I.[I-]. The lowest BCUT2D eigenvalue weighted by atomic mass is 10.3. The van der Waals surface area contributed by atoms with Crippen LogP contribution in [0.5, 0.6) is 0 Å². The zero-order valence-electron chi connectivity index (χ0n) is 8.48. The highest BCUT2D eigenvalue weighted by Crippen LogP contribution is 2.18. The van der Waals surface area contributed by atoms with Gasteiger partial charge in [0, 0.05) is 28.7 Å². The van der Waals surface area contributed by atoms with E-state index in [1.165, 1.54) is 0 Å². The summed E-state index contributed by atoms with van der Waals surface area (Å²) in [5, 5.41) is 0. The highest BCUT2D eigenvalue weighted by Gasteiger charge is 2.21. The number of aromatic nitrogens is 2. The predicted molar refractivity (Wildman–Crippen MR) is 66.0 cm³/mol. The van der Waals surface area contributed by atoms with Crippen molar-refractivity contribution in [3.63, 3.8) is 0 Å². The fourth-order valence-electron chi connectivity index (χ4n) is 1.15. The molecule has 0 atom stereocenters. The minimum Gasteiger partial charge on any atom is -1.00 e. The molecule has 6 heteroatoms. The van der Waals surface area contributed by atoms with Crippen molar-refractivity contribution in [2.45, 2.75) is 0 Å². The molecular formula is C10H9I2N4+. The molecule has 0 unspecified atom stereocenters. The van der Waals surface area contributed by atoms with Crippen LogP contribution >= 0.6 is 22.6 Å². The van der Waals surface area contributed by atoms with E-state index in [9.17, 15) is 0 Å². The number of nitrogens with one attached hydrogen (secondary N) is 1. The van der Waals surface area contributed by atoms with Gasteiger partial charge < -0.3 is 24.0 Å².